The van der Waals surface area contributed by atoms with E-state index in [4.69, 9.17) is 44.6 Å². The number of rotatable bonds is 2. The van der Waals surface area contributed by atoms with Gasteiger partial charge in [0.15, 0.2) is 0 Å². The van der Waals surface area contributed by atoms with Gasteiger partial charge in [0, 0.05) is 5.56 Å². The van der Waals surface area contributed by atoms with E-state index in [0.717, 1.165) is 0 Å². The molecule has 0 amide bonds. The fourth-order valence-corrected chi connectivity index (χ4v) is 1.79. The van der Waals surface area contributed by atoms with Crippen molar-refractivity contribution < 1.29 is 18.9 Å². The van der Waals surface area contributed by atoms with Crippen LogP contribution in [0.5, 0.6) is 5.75 Å². The highest BCUT2D eigenvalue weighted by molar-refractivity contribution is 7.46. The number of hydrogen-bond acceptors (Lipinski definition) is 2. The van der Waals surface area contributed by atoms with Crippen LogP contribution in [0, 0.1) is 0 Å². The first-order valence-electron chi connectivity index (χ1n) is 3.61. The Hall–Kier alpha value is 0.0400. The number of benzene rings is 1. The predicted molar refractivity (Wildman–Crippen MR) is 58.4 cm³/mol. The summed E-state index contributed by atoms with van der Waals surface area (Å²) >= 11 is 16.8. The molecule has 1 aromatic carbocycles. The number of hydrogen-bond donors (Lipinski definition) is 2. The molecule has 0 bridgehead atoms. The van der Waals surface area contributed by atoms with Gasteiger partial charge in [0.2, 0.25) is 3.79 Å². The molecule has 84 valence electrons. The van der Waals surface area contributed by atoms with Gasteiger partial charge in [-0.3, -0.25) is 9.79 Å². The van der Waals surface area contributed by atoms with Crippen molar-refractivity contribution >= 4 is 42.6 Å². The van der Waals surface area contributed by atoms with Crippen molar-refractivity contribution in [2.75, 3.05) is 0 Å². The summed E-state index contributed by atoms with van der Waals surface area (Å²) in [4.78, 5) is 17.2. The topological polar surface area (TPSA) is 66.8 Å². The molecular weight excluding hydrogens is 285 g/mol. The van der Waals surface area contributed by atoms with E-state index in [1.165, 1.54) is 18.2 Å². The second-order valence-corrected chi connectivity index (χ2v) is 6.02. The minimum absolute atomic E-state index is 0.0679. The van der Waals surface area contributed by atoms with E-state index in [9.17, 15) is 4.57 Å². The largest absolute Gasteiger partial charge is 0.524 e. The molecule has 15 heavy (non-hydrogen) atoms. The number of halogens is 3. The maximum absolute atomic E-state index is 10.6. The summed E-state index contributed by atoms with van der Waals surface area (Å²) in [5.74, 6) is -0.161. The number of phosphoric acid groups is 1. The van der Waals surface area contributed by atoms with Gasteiger partial charge in [-0.05, 0) is 6.07 Å². The highest BCUT2D eigenvalue weighted by atomic mass is 35.6. The number of alkyl halides is 3. The third-order valence-electron chi connectivity index (χ3n) is 1.41. The highest BCUT2D eigenvalue weighted by Gasteiger charge is 2.29. The monoisotopic (exact) mass is 290 g/mol. The quantitative estimate of drug-likeness (QED) is 0.649. The first-order valence-corrected chi connectivity index (χ1v) is 6.28. The molecule has 0 heterocycles. The molecule has 0 saturated carbocycles. The molecule has 0 saturated heterocycles. The van der Waals surface area contributed by atoms with E-state index >= 15 is 0 Å². The molecule has 0 aliphatic heterocycles. The summed E-state index contributed by atoms with van der Waals surface area (Å²) in [5, 5.41) is 0. The third kappa shape index (κ3) is 4.19. The van der Waals surface area contributed by atoms with E-state index in [1.807, 2.05) is 0 Å². The van der Waals surface area contributed by atoms with Crippen LogP contribution in [0.3, 0.4) is 0 Å². The maximum atomic E-state index is 10.6. The van der Waals surface area contributed by atoms with E-state index in [-0.39, 0.29) is 11.3 Å². The first kappa shape index (κ1) is 13.1. The van der Waals surface area contributed by atoms with Gasteiger partial charge in [-0.15, -0.1) is 0 Å². The molecular formula is C7H6Cl3O4P. The van der Waals surface area contributed by atoms with Crippen LogP contribution < -0.4 is 4.52 Å². The van der Waals surface area contributed by atoms with Crippen molar-refractivity contribution in [3.05, 3.63) is 29.8 Å². The van der Waals surface area contributed by atoms with Crippen molar-refractivity contribution in [2.45, 2.75) is 3.79 Å². The summed E-state index contributed by atoms with van der Waals surface area (Å²) in [6, 6.07) is 5.77. The molecule has 2 N–H and O–H groups in total. The lowest BCUT2D eigenvalue weighted by atomic mass is 10.2. The molecule has 0 radical (unpaired) electrons. The fraction of sp³-hybridized carbons (Fsp3) is 0.143. The summed E-state index contributed by atoms with van der Waals surface area (Å²) in [6.45, 7) is 0. The van der Waals surface area contributed by atoms with Crippen LogP contribution in [0.2, 0.25) is 0 Å². The summed E-state index contributed by atoms with van der Waals surface area (Å²) in [5.41, 5.74) is 0.0679. The predicted octanol–water partition coefficient (Wildman–Crippen LogP) is 2.98. The van der Waals surface area contributed by atoms with Crippen molar-refractivity contribution in [1.82, 2.24) is 0 Å². The smallest absolute Gasteiger partial charge is 0.404 e. The summed E-state index contributed by atoms with van der Waals surface area (Å²) in [6.07, 6.45) is 0. The molecule has 1 rings (SSSR count). The minimum atomic E-state index is -4.66. The zero-order valence-electron chi connectivity index (χ0n) is 7.10. The lowest BCUT2D eigenvalue weighted by Gasteiger charge is -2.16. The summed E-state index contributed by atoms with van der Waals surface area (Å²) in [7, 11) is -4.66. The standard InChI is InChI=1S/C7H6Cl3O4P/c8-7(9,10)5-3-1-2-4-6(5)14-15(11,12)13/h1-4H,(H2,11,12,13). The van der Waals surface area contributed by atoms with Crippen LogP contribution in [0.1, 0.15) is 5.56 Å². The van der Waals surface area contributed by atoms with Gasteiger partial charge < -0.3 is 4.52 Å². The van der Waals surface area contributed by atoms with E-state index in [2.05, 4.69) is 4.52 Å². The van der Waals surface area contributed by atoms with Crippen LogP contribution in [0.4, 0.5) is 0 Å². The second-order valence-electron chi connectivity index (χ2n) is 2.58. The number of phosphoric ester groups is 1. The van der Waals surface area contributed by atoms with Crippen molar-refractivity contribution in [3.63, 3.8) is 0 Å². The Bertz CT molecular complexity index is 397. The lowest BCUT2D eigenvalue weighted by Crippen LogP contribution is -2.03. The third-order valence-corrected chi connectivity index (χ3v) is 2.46. The molecule has 0 atom stereocenters. The molecule has 0 aliphatic carbocycles. The Morgan fingerprint density at radius 2 is 1.73 bits per heavy atom. The molecule has 0 aromatic heterocycles. The number of para-hydroxylation sites is 1. The average Bonchev–Trinajstić information content (AvgIpc) is 1.99. The van der Waals surface area contributed by atoms with Crippen molar-refractivity contribution in [3.8, 4) is 5.75 Å². The molecule has 0 unspecified atom stereocenters. The van der Waals surface area contributed by atoms with Gasteiger partial charge in [-0.1, -0.05) is 53.0 Å². The van der Waals surface area contributed by atoms with Gasteiger partial charge in [0.05, 0.1) is 0 Å². The van der Waals surface area contributed by atoms with Gasteiger partial charge >= 0.3 is 7.82 Å². The van der Waals surface area contributed by atoms with Crippen LogP contribution in [-0.4, -0.2) is 9.79 Å². The Morgan fingerprint density at radius 1 is 1.20 bits per heavy atom. The lowest BCUT2D eigenvalue weighted by molar-refractivity contribution is 0.282. The Balaban J connectivity index is 3.14. The SMILES string of the molecule is O=P(O)(O)Oc1ccccc1C(Cl)(Cl)Cl. The molecule has 1 aromatic rings. The van der Waals surface area contributed by atoms with Gasteiger partial charge in [0.1, 0.15) is 5.75 Å². The zero-order chi connectivity index (χ0) is 11.7. The molecule has 4 nitrogen and oxygen atoms in total. The average molecular weight is 291 g/mol. The van der Waals surface area contributed by atoms with Crippen LogP contribution in [0.15, 0.2) is 24.3 Å². The van der Waals surface area contributed by atoms with Gasteiger partial charge in [-0.2, -0.15) is 0 Å². The fourth-order valence-electron chi connectivity index (χ4n) is 0.909. The molecule has 0 aliphatic rings. The van der Waals surface area contributed by atoms with Crippen LogP contribution in [-0.2, 0) is 8.36 Å². The normalized spacial score (nSPS) is 12.6. The Kier molecular flexibility index (Phi) is 3.93. The Labute approximate surface area is 101 Å². The van der Waals surface area contributed by atoms with Crippen LogP contribution >= 0.6 is 42.6 Å². The van der Waals surface area contributed by atoms with Crippen molar-refractivity contribution in [1.29, 1.82) is 0 Å². The van der Waals surface area contributed by atoms with Gasteiger partial charge in [-0.25, -0.2) is 4.57 Å². The van der Waals surface area contributed by atoms with Crippen LogP contribution in [0.25, 0.3) is 0 Å². The maximum Gasteiger partial charge on any atom is 0.524 e. The van der Waals surface area contributed by atoms with Crippen molar-refractivity contribution in [2.24, 2.45) is 0 Å². The molecule has 0 spiro atoms. The van der Waals surface area contributed by atoms with E-state index < -0.39 is 11.6 Å². The zero-order valence-corrected chi connectivity index (χ0v) is 10.3. The van der Waals surface area contributed by atoms with Gasteiger partial charge in [0.25, 0.3) is 0 Å². The molecule has 8 heteroatoms. The first-order chi connectivity index (χ1) is 6.70. The second kappa shape index (κ2) is 4.50. The highest BCUT2D eigenvalue weighted by Crippen LogP contribution is 2.47. The van der Waals surface area contributed by atoms with E-state index in [1.54, 1.807) is 6.07 Å². The Morgan fingerprint density at radius 3 is 2.20 bits per heavy atom. The minimum Gasteiger partial charge on any atom is -0.404 e. The van der Waals surface area contributed by atoms with E-state index in [0.29, 0.717) is 0 Å². The molecule has 0 fully saturated rings. The summed E-state index contributed by atoms with van der Waals surface area (Å²) < 4.78 is 13.2.